The largest absolute Gasteiger partial charge is 0.415 e. The molecule has 3 heterocycles. The summed E-state index contributed by atoms with van der Waals surface area (Å²) in [6.07, 6.45) is 4.01. The molecule has 40 heavy (non-hydrogen) atoms. The van der Waals surface area contributed by atoms with E-state index >= 15 is 0 Å². The van der Waals surface area contributed by atoms with E-state index in [1.807, 2.05) is 0 Å². The third kappa shape index (κ3) is 5.36. The van der Waals surface area contributed by atoms with Crippen molar-refractivity contribution in [3.05, 3.63) is 28.4 Å². The van der Waals surface area contributed by atoms with Gasteiger partial charge < -0.3 is 20.7 Å². The fraction of sp³-hybridized carbons (Fsp3) is 0.542. The van der Waals surface area contributed by atoms with Crippen LogP contribution >= 0.6 is 11.3 Å². The van der Waals surface area contributed by atoms with Crippen LogP contribution in [0.4, 0.5) is 34.3 Å². The van der Waals surface area contributed by atoms with Crippen LogP contribution in [0.3, 0.4) is 0 Å². The van der Waals surface area contributed by atoms with Gasteiger partial charge in [-0.05, 0) is 37.7 Å². The van der Waals surface area contributed by atoms with Gasteiger partial charge in [-0.1, -0.05) is 0 Å². The Labute approximate surface area is 229 Å². The van der Waals surface area contributed by atoms with Crippen molar-refractivity contribution in [1.82, 2.24) is 29.9 Å². The quantitative estimate of drug-likeness (QED) is 0.325. The van der Waals surface area contributed by atoms with Gasteiger partial charge in [-0.15, -0.1) is 26.6 Å². The number of alkyl halides is 4. The fourth-order valence-corrected chi connectivity index (χ4v) is 6.38. The Kier molecular flexibility index (Phi) is 6.67. The van der Waals surface area contributed by atoms with E-state index in [9.17, 15) is 27.2 Å². The molecule has 11 nitrogen and oxygen atoms in total. The Morgan fingerprint density at radius 1 is 1.23 bits per heavy atom. The summed E-state index contributed by atoms with van der Waals surface area (Å²) in [5, 5.41) is 21.1. The lowest BCUT2D eigenvalue weighted by molar-refractivity contribution is -0.117. The molecule has 2 fully saturated rings. The van der Waals surface area contributed by atoms with E-state index in [1.165, 1.54) is 28.4 Å². The maximum atomic E-state index is 13.4. The summed E-state index contributed by atoms with van der Waals surface area (Å²) in [7, 11) is 1.56. The summed E-state index contributed by atoms with van der Waals surface area (Å²) < 4.78 is 59.5. The van der Waals surface area contributed by atoms with Crippen molar-refractivity contribution < 1.29 is 31.9 Å². The Balaban J connectivity index is 1.24. The van der Waals surface area contributed by atoms with Crippen LogP contribution in [0, 0.1) is 5.92 Å². The van der Waals surface area contributed by atoms with Gasteiger partial charge in [0.05, 0.1) is 5.56 Å². The van der Waals surface area contributed by atoms with E-state index in [0.717, 1.165) is 23.3 Å². The van der Waals surface area contributed by atoms with Crippen molar-refractivity contribution in [3.63, 3.8) is 0 Å². The number of carbonyl (C=O) groups excluding carboxylic acids is 2. The average Bonchev–Trinajstić information content (AvgIpc) is 3.38. The molecule has 0 bridgehead atoms. The van der Waals surface area contributed by atoms with Gasteiger partial charge in [0.25, 0.3) is 11.8 Å². The average molecular weight is 583 g/mol. The summed E-state index contributed by atoms with van der Waals surface area (Å²) in [5.74, 6) is -3.05. The van der Waals surface area contributed by atoms with Gasteiger partial charge in [0.15, 0.2) is 0 Å². The Morgan fingerprint density at radius 2 is 2.00 bits per heavy atom. The van der Waals surface area contributed by atoms with Crippen molar-refractivity contribution in [2.24, 2.45) is 13.0 Å². The first kappa shape index (κ1) is 26.5. The second-order valence-electron chi connectivity index (χ2n) is 10.4. The van der Waals surface area contributed by atoms with Gasteiger partial charge in [-0.25, -0.2) is 13.5 Å². The summed E-state index contributed by atoms with van der Waals surface area (Å²) in [6.45, 7) is -3.01. The molecule has 2 saturated carbocycles. The smallest absolute Gasteiger partial charge is 0.388 e. The number of halogens is 4. The topological polar surface area (TPSA) is 128 Å². The second kappa shape index (κ2) is 10.1. The Morgan fingerprint density at radius 3 is 2.70 bits per heavy atom. The predicted octanol–water partition coefficient (Wildman–Crippen LogP) is 4.02. The SMILES string of the molecule is Cn1nc(OC(F)F)cc1Nc1nncn1[C@H]1CCc2sc(NC(=O)C3CC3)c(C(=O)NC3CC(F)(F)C3)c2C1. The number of aromatic nitrogens is 5. The first-order valence-corrected chi connectivity index (χ1v) is 13.7. The van der Waals surface area contributed by atoms with Crippen LogP contribution in [0.5, 0.6) is 5.88 Å². The number of thiophene rings is 1. The van der Waals surface area contributed by atoms with Gasteiger partial charge >= 0.3 is 6.61 Å². The first-order chi connectivity index (χ1) is 19.1. The number of amides is 2. The monoisotopic (exact) mass is 582 g/mol. The van der Waals surface area contributed by atoms with Crippen LogP contribution in [0.25, 0.3) is 0 Å². The molecule has 3 aliphatic carbocycles. The number of nitrogens with zero attached hydrogens (tertiary/aromatic N) is 5. The van der Waals surface area contributed by atoms with Gasteiger partial charge in [-0.2, -0.15) is 8.78 Å². The third-order valence-electron chi connectivity index (χ3n) is 7.35. The van der Waals surface area contributed by atoms with Crippen molar-refractivity contribution in [3.8, 4) is 5.88 Å². The zero-order chi connectivity index (χ0) is 28.2. The normalized spacial score (nSPS) is 20.1. The zero-order valence-electron chi connectivity index (χ0n) is 21.3. The molecule has 0 radical (unpaired) electrons. The molecular weight excluding hydrogens is 556 g/mol. The van der Waals surface area contributed by atoms with Crippen LogP contribution in [0.15, 0.2) is 12.4 Å². The molecule has 214 valence electrons. The van der Waals surface area contributed by atoms with Crippen molar-refractivity contribution in [2.75, 3.05) is 10.6 Å². The number of ether oxygens (including phenoxy) is 1. The van der Waals surface area contributed by atoms with E-state index in [4.69, 9.17) is 0 Å². The maximum absolute atomic E-state index is 13.4. The first-order valence-electron chi connectivity index (χ1n) is 12.9. The molecule has 3 aromatic heterocycles. The number of hydrogen-bond donors (Lipinski definition) is 3. The van der Waals surface area contributed by atoms with Crippen molar-refractivity contribution in [1.29, 1.82) is 0 Å². The number of aryl methyl sites for hydroxylation is 2. The Bertz CT molecular complexity index is 1440. The van der Waals surface area contributed by atoms with Gasteiger partial charge in [0.2, 0.25) is 17.7 Å². The molecule has 1 atom stereocenters. The van der Waals surface area contributed by atoms with Crippen LogP contribution in [0.1, 0.15) is 58.9 Å². The Hall–Kier alpha value is -3.69. The highest BCUT2D eigenvalue weighted by Crippen LogP contribution is 2.43. The molecular formula is C24H26F4N8O3S. The summed E-state index contributed by atoms with van der Waals surface area (Å²) in [4.78, 5) is 26.9. The number of hydrogen-bond acceptors (Lipinski definition) is 8. The molecule has 0 aromatic carbocycles. The van der Waals surface area contributed by atoms with Crippen molar-refractivity contribution in [2.45, 2.75) is 69.6 Å². The van der Waals surface area contributed by atoms with E-state index in [1.54, 1.807) is 11.6 Å². The lowest BCUT2D eigenvalue weighted by Gasteiger charge is -2.35. The molecule has 3 aliphatic rings. The van der Waals surface area contributed by atoms with Crippen molar-refractivity contribution >= 4 is 39.9 Å². The van der Waals surface area contributed by atoms with E-state index in [2.05, 4.69) is 36.0 Å². The van der Waals surface area contributed by atoms with Gasteiger partial charge in [0.1, 0.15) is 17.1 Å². The van der Waals surface area contributed by atoms with Crippen LogP contribution in [-0.2, 0) is 24.7 Å². The lowest BCUT2D eigenvalue weighted by atomic mass is 9.87. The number of carbonyl (C=O) groups is 2. The maximum Gasteiger partial charge on any atom is 0.388 e. The number of rotatable bonds is 9. The highest BCUT2D eigenvalue weighted by molar-refractivity contribution is 7.17. The number of fused-ring (bicyclic) bond motifs is 1. The zero-order valence-corrected chi connectivity index (χ0v) is 22.1. The third-order valence-corrected chi connectivity index (χ3v) is 8.55. The van der Waals surface area contributed by atoms with E-state index in [-0.39, 0.29) is 23.7 Å². The molecule has 0 aliphatic heterocycles. The summed E-state index contributed by atoms with van der Waals surface area (Å²) in [5.41, 5.74) is 1.07. The predicted molar refractivity (Wildman–Crippen MR) is 135 cm³/mol. The highest BCUT2D eigenvalue weighted by Gasteiger charge is 2.46. The molecule has 3 aromatic rings. The van der Waals surface area contributed by atoms with Gasteiger partial charge in [-0.3, -0.25) is 14.2 Å². The standard InChI is InChI=1S/C24H26F4N8O3S/c1-35-16(7-17(34-35)39-22(25)26)31-23-33-29-10-36(23)13-4-5-15-14(6-13)18(20(38)30-12-8-24(27,28)9-12)21(40-15)32-19(37)11-2-3-11/h7,10-13,22H,2-6,8-9H2,1H3,(H,30,38)(H,31,33)(H,32,37)/t13-/m0/s1. The van der Waals surface area contributed by atoms with E-state index < -0.39 is 37.3 Å². The molecule has 0 saturated heterocycles. The fourth-order valence-electron chi connectivity index (χ4n) is 5.13. The number of anilines is 3. The van der Waals surface area contributed by atoms with Gasteiger partial charge in [0, 0.05) is 48.8 Å². The molecule has 2 amide bonds. The molecule has 0 unspecified atom stereocenters. The minimum absolute atomic E-state index is 0.0719. The second-order valence-corrected chi connectivity index (χ2v) is 11.5. The molecule has 0 spiro atoms. The van der Waals surface area contributed by atoms with E-state index in [0.29, 0.717) is 41.6 Å². The lowest BCUT2D eigenvalue weighted by Crippen LogP contribution is -2.50. The van der Waals surface area contributed by atoms with Crippen LogP contribution in [0.2, 0.25) is 0 Å². The minimum atomic E-state index is -3.01. The summed E-state index contributed by atoms with van der Waals surface area (Å²) >= 11 is 1.35. The minimum Gasteiger partial charge on any atom is -0.415 e. The highest BCUT2D eigenvalue weighted by atomic mass is 32.1. The van der Waals surface area contributed by atoms with Crippen LogP contribution < -0.4 is 20.7 Å². The summed E-state index contributed by atoms with van der Waals surface area (Å²) in [6, 6.07) is 0.497. The molecule has 16 heteroatoms. The molecule has 3 N–H and O–H groups in total. The number of nitrogens with one attached hydrogen (secondary N) is 3. The molecule has 6 rings (SSSR count). The van der Waals surface area contributed by atoms with Crippen LogP contribution in [-0.4, -0.2) is 54.9 Å².